The summed E-state index contributed by atoms with van der Waals surface area (Å²) >= 11 is 0. The van der Waals surface area contributed by atoms with Crippen molar-refractivity contribution in [2.24, 2.45) is 5.92 Å². The van der Waals surface area contributed by atoms with Crippen molar-refractivity contribution >= 4 is 10.9 Å². The minimum atomic E-state index is -4.95. The molecule has 0 radical (unpaired) electrons. The van der Waals surface area contributed by atoms with E-state index in [9.17, 15) is 28.2 Å². The van der Waals surface area contributed by atoms with Gasteiger partial charge < -0.3 is 19.7 Å². The minimum Gasteiger partial charge on any atom is -0.396 e. The highest BCUT2D eigenvalue weighted by atomic mass is 19.4. The van der Waals surface area contributed by atoms with Crippen LogP contribution in [0.3, 0.4) is 0 Å². The van der Waals surface area contributed by atoms with Crippen LogP contribution in [0.25, 0.3) is 10.9 Å². The molecule has 2 fully saturated rings. The average molecular weight is 568 g/mol. The number of hydrogen-bond acceptors (Lipinski definition) is 7. The molecule has 4 aromatic rings. The third-order valence-corrected chi connectivity index (χ3v) is 7.77. The first kappa shape index (κ1) is 27.4. The van der Waals surface area contributed by atoms with Crippen molar-refractivity contribution in [3.05, 3.63) is 112 Å². The quantitative estimate of drug-likeness (QED) is 0.316. The summed E-state index contributed by atoms with van der Waals surface area (Å²) in [5.41, 5.74) is 0.668. The summed E-state index contributed by atoms with van der Waals surface area (Å²) < 4.78 is 55.9. The molecule has 0 amide bonds. The Morgan fingerprint density at radius 2 is 1.37 bits per heavy atom. The number of hydrogen-bond donors (Lipinski definition) is 2. The van der Waals surface area contributed by atoms with Gasteiger partial charge in [0.1, 0.15) is 12.2 Å². The second-order valence-electron chi connectivity index (χ2n) is 10.3. The van der Waals surface area contributed by atoms with Crippen molar-refractivity contribution in [1.82, 2.24) is 9.66 Å². The molecule has 0 bridgehead atoms. The smallest absolute Gasteiger partial charge is 0.396 e. The maximum absolute atomic E-state index is 14.3. The molecule has 2 N–H and O–H groups in total. The van der Waals surface area contributed by atoms with Crippen LogP contribution < -0.4 is 10.6 Å². The van der Waals surface area contributed by atoms with Gasteiger partial charge in [-0.05, 0) is 23.3 Å². The van der Waals surface area contributed by atoms with E-state index in [4.69, 9.17) is 9.47 Å². The number of rotatable bonds is 8. The molecule has 11 heteroatoms. The summed E-state index contributed by atoms with van der Waals surface area (Å²) in [5.74, 6) is -2.29. The molecular weight excluding hydrogens is 539 g/mol. The SMILES string of the molecule is O=c1c2ccccc2nc(C(F)(F)F)n1N1[C@@H]2[C@H](CO)[C@@H](O)[C@H](OCc3ccccc3)[C@@H](OCc3ccccc3)[C@@H]21. The van der Waals surface area contributed by atoms with E-state index in [-0.39, 0.29) is 24.1 Å². The van der Waals surface area contributed by atoms with Crippen molar-refractivity contribution in [3.63, 3.8) is 0 Å². The van der Waals surface area contributed by atoms with Gasteiger partial charge >= 0.3 is 6.18 Å². The van der Waals surface area contributed by atoms with Gasteiger partial charge in [0.15, 0.2) is 0 Å². The first-order valence-corrected chi connectivity index (χ1v) is 13.3. The predicted molar refractivity (Wildman–Crippen MR) is 143 cm³/mol. The predicted octanol–water partition coefficient (Wildman–Crippen LogP) is 3.26. The van der Waals surface area contributed by atoms with Gasteiger partial charge in [-0.1, -0.05) is 72.8 Å². The molecule has 8 nitrogen and oxygen atoms in total. The number of nitrogens with zero attached hydrogens (tertiary/aromatic N) is 3. The Hall–Kier alpha value is -3.77. The summed E-state index contributed by atoms with van der Waals surface area (Å²) in [6, 6.07) is 22.6. The van der Waals surface area contributed by atoms with Gasteiger partial charge in [-0.25, -0.2) is 4.98 Å². The molecule has 1 aliphatic heterocycles. The summed E-state index contributed by atoms with van der Waals surface area (Å²) in [6.45, 7) is -0.331. The van der Waals surface area contributed by atoms with Crippen molar-refractivity contribution in [2.75, 3.05) is 11.6 Å². The lowest BCUT2D eigenvalue weighted by Crippen LogP contribution is -2.54. The summed E-state index contributed by atoms with van der Waals surface area (Å²) in [5, 5.41) is 22.9. The number of aromatic nitrogens is 2. The molecule has 41 heavy (non-hydrogen) atoms. The lowest BCUT2D eigenvalue weighted by Gasteiger charge is -2.37. The van der Waals surface area contributed by atoms with Gasteiger partial charge in [0.05, 0.1) is 48.9 Å². The average Bonchev–Trinajstić information content (AvgIpc) is 3.70. The number of alkyl halides is 3. The van der Waals surface area contributed by atoms with Crippen LogP contribution in [0.1, 0.15) is 17.0 Å². The van der Waals surface area contributed by atoms with Gasteiger partial charge in [0, 0.05) is 5.92 Å². The van der Waals surface area contributed by atoms with Gasteiger partial charge in [-0.15, -0.1) is 0 Å². The number of fused-ring (bicyclic) bond motifs is 2. The van der Waals surface area contributed by atoms with E-state index in [2.05, 4.69) is 4.98 Å². The molecule has 1 saturated carbocycles. The molecule has 1 aliphatic carbocycles. The lowest BCUT2D eigenvalue weighted by molar-refractivity contribution is -0.161. The zero-order valence-corrected chi connectivity index (χ0v) is 21.8. The second-order valence-corrected chi connectivity index (χ2v) is 10.3. The van der Waals surface area contributed by atoms with Gasteiger partial charge in [-0.3, -0.25) is 9.80 Å². The van der Waals surface area contributed by atoms with Gasteiger partial charge in [0.25, 0.3) is 5.56 Å². The Morgan fingerprint density at radius 3 is 1.95 bits per heavy atom. The Labute approximate surface area is 233 Å². The van der Waals surface area contributed by atoms with E-state index in [0.717, 1.165) is 11.1 Å². The summed E-state index contributed by atoms with van der Waals surface area (Å²) in [7, 11) is 0. The summed E-state index contributed by atoms with van der Waals surface area (Å²) in [4.78, 5) is 17.4. The molecule has 1 aromatic heterocycles. The van der Waals surface area contributed by atoms with Crippen molar-refractivity contribution in [3.8, 4) is 0 Å². The van der Waals surface area contributed by atoms with E-state index < -0.39 is 60.5 Å². The number of ether oxygens (including phenoxy) is 2. The number of aliphatic hydroxyl groups is 2. The highest BCUT2D eigenvalue weighted by Crippen LogP contribution is 2.46. The van der Waals surface area contributed by atoms with E-state index in [1.807, 2.05) is 60.7 Å². The van der Waals surface area contributed by atoms with Crippen LogP contribution in [-0.2, 0) is 28.9 Å². The van der Waals surface area contributed by atoms with Crippen LogP contribution in [0.5, 0.6) is 0 Å². The van der Waals surface area contributed by atoms with Crippen molar-refractivity contribution in [2.45, 2.75) is 49.8 Å². The third kappa shape index (κ3) is 5.10. The molecule has 0 spiro atoms. The van der Waals surface area contributed by atoms with Crippen LogP contribution in [0.15, 0.2) is 89.7 Å². The normalized spacial score (nSPS) is 25.7. The van der Waals surface area contributed by atoms with Gasteiger partial charge in [-0.2, -0.15) is 17.8 Å². The maximum Gasteiger partial charge on any atom is 0.451 e. The highest BCUT2D eigenvalue weighted by molar-refractivity contribution is 5.77. The minimum absolute atomic E-state index is 0.0175. The topological polar surface area (TPSA) is 96.8 Å². The van der Waals surface area contributed by atoms with E-state index in [0.29, 0.717) is 4.68 Å². The summed E-state index contributed by atoms with van der Waals surface area (Å²) in [6.07, 6.45) is -8.16. The fourth-order valence-corrected chi connectivity index (χ4v) is 5.81. The molecule has 3 aromatic carbocycles. The van der Waals surface area contributed by atoms with Crippen molar-refractivity contribution < 1.29 is 32.9 Å². The first-order valence-electron chi connectivity index (χ1n) is 13.3. The number of aliphatic hydroxyl groups excluding tert-OH is 2. The van der Waals surface area contributed by atoms with E-state index in [1.165, 1.54) is 23.2 Å². The molecule has 214 valence electrons. The molecular formula is C30H28F3N3O5. The van der Waals surface area contributed by atoms with Crippen LogP contribution in [-0.4, -0.2) is 56.9 Å². The third-order valence-electron chi connectivity index (χ3n) is 7.77. The fraction of sp³-hybridized carbons (Fsp3) is 0.333. The fourth-order valence-electron chi connectivity index (χ4n) is 5.81. The van der Waals surface area contributed by atoms with Crippen LogP contribution >= 0.6 is 0 Å². The molecule has 2 heterocycles. The largest absolute Gasteiger partial charge is 0.451 e. The standard InChI is InChI=1S/C30H28F3N3O5/c31-30(32,33)29-34-22-14-8-7-13-20(22)28(39)36(29)35-23-21(15-37)25(38)27(41-17-19-11-5-2-6-12-19)26(24(23)35)40-16-18-9-3-1-4-10-18/h1-14,21,23-27,37-38H,15-17H2/t21-,23+,24+,25+,26-,27-,35?/m0/s1. The zero-order chi connectivity index (χ0) is 28.7. The Morgan fingerprint density at radius 1 is 0.805 bits per heavy atom. The molecule has 6 atom stereocenters. The van der Waals surface area contributed by atoms with E-state index in [1.54, 1.807) is 6.07 Å². The zero-order valence-electron chi connectivity index (χ0n) is 21.8. The Balaban J connectivity index is 1.42. The van der Waals surface area contributed by atoms with Crippen LogP contribution in [0, 0.1) is 5.92 Å². The van der Waals surface area contributed by atoms with Crippen molar-refractivity contribution in [1.29, 1.82) is 0 Å². The van der Waals surface area contributed by atoms with Crippen LogP contribution in [0.4, 0.5) is 13.2 Å². The second kappa shape index (κ2) is 10.9. The molecule has 6 rings (SSSR count). The Kier molecular flexibility index (Phi) is 7.28. The van der Waals surface area contributed by atoms with Crippen LogP contribution in [0.2, 0.25) is 0 Å². The maximum atomic E-state index is 14.3. The highest BCUT2D eigenvalue weighted by Gasteiger charge is 2.67. The lowest BCUT2D eigenvalue weighted by atomic mass is 9.83. The number of halogens is 3. The molecule has 2 aliphatic rings. The molecule has 0 unspecified atom stereocenters. The monoisotopic (exact) mass is 567 g/mol. The first-order chi connectivity index (χ1) is 19.8. The number of para-hydroxylation sites is 1. The van der Waals surface area contributed by atoms with E-state index >= 15 is 0 Å². The molecule has 1 saturated heterocycles. The Bertz CT molecular complexity index is 1570. The number of benzene rings is 3. The van der Waals surface area contributed by atoms with Gasteiger partial charge in [0.2, 0.25) is 5.82 Å².